The van der Waals surface area contributed by atoms with Gasteiger partial charge in [-0.3, -0.25) is 4.79 Å². The van der Waals surface area contributed by atoms with Crippen molar-refractivity contribution in [1.82, 2.24) is 15.8 Å². The molecule has 2 atom stereocenters. The Bertz CT molecular complexity index is 519. The molecule has 1 heterocycles. The second-order valence-electron chi connectivity index (χ2n) is 6.38. The zero-order chi connectivity index (χ0) is 16.9. The second-order valence-corrected chi connectivity index (χ2v) is 6.38. The number of amides is 2. The highest BCUT2D eigenvalue weighted by atomic mass is 16.6. The normalized spacial score (nSPS) is 14.1. The minimum absolute atomic E-state index is 0.183. The van der Waals surface area contributed by atoms with Crippen LogP contribution in [0.3, 0.4) is 0 Å². The summed E-state index contributed by atoms with van der Waals surface area (Å²) in [5.41, 5.74) is 0.191. The third-order valence-corrected chi connectivity index (χ3v) is 3.02. The number of ether oxygens (including phenoxy) is 1. The molecule has 1 rings (SSSR count). The first-order chi connectivity index (χ1) is 10.1. The maximum Gasteiger partial charge on any atom is 0.407 e. The van der Waals surface area contributed by atoms with Crippen LogP contribution in [0.1, 0.15) is 46.1 Å². The van der Waals surface area contributed by atoms with Crippen LogP contribution < -0.4 is 10.6 Å². The summed E-state index contributed by atoms with van der Waals surface area (Å²) in [6.45, 7) is 10.9. The molecule has 0 aliphatic heterocycles. The molecule has 0 saturated carbocycles. The Morgan fingerprint density at radius 1 is 1.36 bits per heavy atom. The Kier molecular flexibility index (Phi) is 5.96. The van der Waals surface area contributed by atoms with Crippen molar-refractivity contribution in [2.24, 2.45) is 5.92 Å². The largest absolute Gasteiger partial charge is 0.444 e. The number of aromatic nitrogens is 1. The predicted octanol–water partition coefficient (Wildman–Crippen LogP) is 2.15. The highest BCUT2D eigenvalue weighted by Gasteiger charge is 2.24. The van der Waals surface area contributed by atoms with Gasteiger partial charge in [-0.05, 0) is 34.6 Å². The monoisotopic (exact) mass is 311 g/mol. The van der Waals surface area contributed by atoms with Crippen molar-refractivity contribution in [3.63, 3.8) is 0 Å². The van der Waals surface area contributed by atoms with Crippen LogP contribution in [0.15, 0.2) is 10.6 Å². The van der Waals surface area contributed by atoms with E-state index in [-0.39, 0.29) is 18.5 Å². The highest BCUT2D eigenvalue weighted by Crippen LogP contribution is 2.09. The van der Waals surface area contributed by atoms with Crippen LogP contribution in [0.25, 0.3) is 0 Å². The summed E-state index contributed by atoms with van der Waals surface area (Å²) >= 11 is 0. The molecule has 0 aliphatic carbocycles. The quantitative estimate of drug-likeness (QED) is 0.869. The van der Waals surface area contributed by atoms with Crippen LogP contribution in [0.5, 0.6) is 0 Å². The van der Waals surface area contributed by atoms with Gasteiger partial charge in [-0.25, -0.2) is 4.79 Å². The van der Waals surface area contributed by atoms with Gasteiger partial charge in [-0.1, -0.05) is 12.1 Å². The molecule has 0 spiro atoms. The van der Waals surface area contributed by atoms with Gasteiger partial charge in [0.2, 0.25) is 5.91 Å². The zero-order valence-corrected chi connectivity index (χ0v) is 14.0. The van der Waals surface area contributed by atoms with Crippen LogP contribution in [-0.4, -0.2) is 28.8 Å². The molecule has 2 amide bonds. The van der Waals surface area contributed by atoms with E-state index in [1.54, 1.807) is 40.7 Å². The lowest BCUT2D eigenvalue weighted by Crippen LogP contribution is -2.45. The summed E-state index contributed by atoms with van der Waals surface area (Å²) in [4.78, 5) is 23.8. The average Bonchev–Trinajstić information content (AvgIpc) is 2.78. The van der Waals surface area contributed by atoms with E-state index in [0.29, 0.717) is 5.76 Å². The number of hydrogen-bond donors (Lipinski definition) is 2. The first-order valence-electron chi connectivity index (χ1n) is 7.28. The maximum atomic E-state index is 12.1. The van der Waals surface area contributed by atoms with Crippen LogP contribution in [0, 0.1) is 12.8 Å². The molecule has 1 aromatic rings. The van der Waals surface area contributed by atoms with E-state index in [9.17, 15) is 9.59 Å². The Hall–Kier alpha value is -2.05. The molecule has 0 unspecified atom stereocenters. The van der Waals surface area contributed by atoms with Crippen molar-refractivity contribution in [2.45, 2.75) is 59.7 Å². The third-order valence-electron chi connectivity index (χ3n) is 3.02. The van der Waals surface area contributed by atoms with Gasteiger partial charge < -0.3 is 19.9 Å². The van der Waals surface area contributed by atoms with Crippen LogP contribution in [0.4, 0.5) is 4.79 Å². The van der Waals surface area contributed by atoms with Gasteiger partial charge in [0.25, 0.3) is 0 Å². The topological polar surface area (TPSA) is 93.5 Å². The van der Waals surface area contributed by atoms with Crippen LogP contribution >= 0.6 is 0 Å². The molecule has 1 aromatic heterocycles. The lowest BCUT2D eigenvalue weighted by molar-refractivity contribution is -0.125. The lowest BCUT2D eigenvalue weighted by Gasteiger charge is -2.24. The fraction of sp³-hybridized carbons (Fsp3) is 0.667. The Morgan fingerprint density at radius 3 is 2.50 bits per heavy atom. The molecular formula is C15H25N3O4. The number of hydrogen-bond acceptors (Lipinski definition) is 5. The summed E-state index contributed by atoms with van der Waals surface area (Å²) in [5.74, 6) is -0.0000435. The summed E-state index contributed by atoms with van der Waals surface area (Å²) in [5, 5.41) is 9.16. The molecule has 7 heteroatoms. The standard InChI is InChI=1S/C15H25N3O4/c1-9-7-12(22-18-9)8-16-13(19)10(2)11(3)17-14(20)21-15(4,5)6/h7,10-11H,8H2,1-6H3,(H,16,19)(H,17,20)/t10-,11-/m1/s1. The molecule has 0 aliphatic rings. The van der Waals surface area contributed by atoms with E-state index < -0.39 is 17.6 Å². The number of nitrogens with one attached hydrogen (secondary N) is 2. The van der Waals surface area contributed by atoms with E-state index >= 15 is 0 Å². The van der Waals surface area contributed by atoms with Gasteiger partial charge >= 0.3 is 6.09 Å². The van der Waals surface area contributed by atoms with Crippen LogP contribution in [0.2, 0.25) is 0 Å². The van der Waals surface area contributed by atoms with Crippen molar-refractivity contribution in [2.75, 3.05) is 0 Å². The minimum atomic E-state index is -0.570. The van der Waals surface area contributed by atoms with E-state index in [0.717, 1.165) is 5.69 Å². The minimum Gasteiger partial charge on any atom is -0.444 e. The molecule has 0 aromatic carbocycles. The van der Waals surface area contributed by atoms with Gasteiger partial charge in [-0.15, -0.1) is 0 Å². The number of carbonyl (C=O) groups excluding carboxylic acids is 2. The number of nitrogens with zero attached hydrogens (tertiary/aromatic N) is 1. The van der Waals surface area contributed by atoms with E-state index in [2.05, 4.69) is 15.8 Å². The molecule has 22 heavy (non-hydrogen) atoms. The number of carbonyl (C=O) groups is 2. The lowest BCUT2D eigenvalue weighted by atomic mass is 10.0. The maximum absolute atomic E-state index is 12.1. The first-order valence-corrected chi connectivity index (χ1v) is 7.28. The number of aryl methyl sites for hydroxylation is 1. The molecule has 0 bridgehead atoms. The van der Waals surface area contributed by atoms with E-state index in [4.69, 9.17) is 9.26 Å². The van der Waals surface area contributed by atoms with Crippen molar-refractivity contribution in [1.29, 1.82) is 0 Å². The molecule has 0 saturated heterocycles. The van der Waals surface area contributed by atoms with Crippen molar-refractivity contribution in [3.8, 4) is 0 Å². The average molecular weight is 311 g/mol. The Morgan fingerprint density at radius 2 is 2.00 bits per heavy atom. The summed E-state index contributed by atoms with van der Waals surface area (Å²) in [6.07, 6.45) is -0.537. The van der Waals surface area contributed by atoms with Crippen molar-refractivity contribution >= 4 is 12.0 Å². The predicted molar refractivity (Wildman–Crippen MR) is 81.1 cm³/mol. The Balaban J connectivity index is 2.43. The number of rotatable bonds is 5. The van der Waals surface area contributed by atoms with Gasteiger partial charge in [0.05, 0.1) is 18.2 Å². The first kappa shape index (κ1) is 18.0. The van der Waals surface area contributed by atoms with Crippen molar-refractivity contribution < 1.29 is 18.8 Å². The molecule has 7 nitrogen and oxygen atoms in total. The fourth-order valence-electron chi connectivity index (χ4n) is 1.68. The van der Waals surface area contributed by atoms with Gasteiger partial charge in [-0.2, -0.15) is 0 Å². The molecular weight excluding hydrogens is 286 g/mol. The van der Waals surface area contributed by atoms with Gasteiger partial charge in [0.1, 0.15) is 5.60 Å². The van der Waals surface area contributed by atoms with E-state index in [1.807, 2.05) is 6.92 Å². The SMILES string of the molecule is Cc1cc(CNC(=O)[C@H](C)[C@@H](C)NC(=O)OC(C)(C)C)on1. The second kappa shape index (κ2) is 7.29. The Labute approximate surface area is 130 Å². The summed E-state index contributed by atoms with van der Waals surface area (Å²) < 4.78 is 10.2. The summed E-state index contributed by atoms with van der Waals surface area (Å²) in [6, 6.07) is 1.40. The van der Waals surface area contributed by atoms with Gasteiger partial charge in [0, 0.05) is 12.1 Å². The highest BCUT2D eigenvalue weighted by molar-refractivity contribution is 5.79. The third kappa shape index (κ3) is 6.15. The smallest absolute Gasteiger partial charge is 0.407 e. The van der Waals surface area contributed by atoms with E-state index in [1.165, 1.54) is 0 Å². The zero-order valence-electron chi connectivity index (χ0n) is 14.0. The van der Waals surface area contributed by atoms with Gasteiger partial charge in [0.15, 0.2) is 5.76 Å². The van der Waals surface area contributed by atoms with Crippen LogP contribution in [-0.2, 0) is 16.1 Å². The molecule has 2 N–H and O–H groups in total. The molecule has 0 fully saturated rings. The van der Waals surface area contributed by atoms with Crippen molar-refractivity contribution in [3.05, 3.63) is 17.5 Å². The number of alkyl carbamates (subject to hydrolysis) is 1. The fourth-order valence-corrected chi connectivity index (χ4v) is 1.68. The summed E-state index contributed by atoms with van der Waals surface area (Å²) in [7, 11) is 0. The molecule has 0 radical (unpaired) electrons. The molecule has 124 valence electrons.